The van der Waals surface area contributed by atoms with E-state index in [1.54, 1.807) is 4.90 Å². The number of thioether (sulfide) groups is 1. The molecule has 2 saturated heterocycles. The summed E-state index contributed by atoms with van der Waals surface area (Å²) < 4.78 is 26.4. The molecule has 1 atom stereocenters. The van der Waals surface area contributed by atoms with E-state index < -0.39 is 5.92 Å². The number of piperidine rings is 1. The highest BCUT2D eigenvalue weighted by atomic mass is 32.2. The van der Waals surface area contributed by atoms with E-state index in [0.717, 1.165) is 11.3 Å². The Morgan fingerprint density at radius 1 is 1.21 bits per heavy atom. The van der Waals surface area contributed by atoms with Crippen molar-refractivity contribution < 1.29 is 13.6 Å². The molecule has 0 aliphatic carbocycles. The molecule has 2 aliphatic heterocycles. The summed E-state index contributed by atoms with van der Waals surface area (Å²) in [5.74, 6) is -1.61. The van der Waals surface area contributed by atoms with Crippen LogP contribution >= 0.6 is 11.8 Å². The summed E-state index contributed by atoms with van der Waals surface area (Å²) in [5, 5.41) is 0.244. The summed E-state index contributed by atoms with van der Waals surface area (Å²) in [4.78, 5) is 15.1. The van der Waals surface area contributed by atoms with Crippen LogP contribution in [0.5, 0.6) is 0 Å². The van der Waals surface area contributed by atoms with Crippen LogP contribution in [0.1, 0.15) is 29.2 Å². The van der Waals surface area contributed by atoms with Gasteiger partial charge in [-0.2, -0.15) is 11.8 Å². The third-order valence-electron chi connectivity index (χ3n) is 4.72. The zero-order chi connectivity index (χ0) is 17.2. The van der Waals surface area contributed by atoms with Crippen LogP contribution < -0.4 is 5.73 Å². The second-order valence-corrected chi connectivity index (χ2v) is 7.83. The lowest BCUT2D eigenvalue weighted by Gasteiger charge is -2.32. The van der Waals surface area contributed by atoms with Crippen molar-refractivity contribution in [1.82, 2.24) is 9.80 Å². The number of hydrogen-bond acceptors (Lipinski definition) is 3. The third-order valence-corrected chi connectivity index (χ3v) is 5.97. The molecule has 0 radical (unpaired) electrons. The van der Waals surface area contributed by atoms with E-state index in [-0.39, 0.29) is 24.1 Å². The molecule has 1 aromatic rings. The third kappa shape index (κ3) is 4.39. The van der Waals surface area contributed by atoms with Crippen molar-refractivity contribution in [3.05, 3.63) is 35.4 Å². The zero-order valence-corrected chi connectivity index (χ0v) is 14.4. The van der Waals surface area contributed by atoms with Gasteiger partial charge < -0.3 is 10.6 Å². The summed E-state index contributed by atoms with van der Waals surface area (Å²) in [5.41, 5.74) is 7.69. The fourth-order valence-electron chi connectivity index (χ4n) is 3.19. The molecule has 2 amide bonds. The van der Waals surface area contributed by atoms with E-state index in [1.807, 2.05) is 11.8 Å². The molecule has 2 aliphatic rings. The maximum Gasteiger partial charge on any atom is 0.314 e. The molecule has 132 valence electrons. The van der Waals surface area contributed by atoms with Crippen molar-refractivity contribution in [1.29, 1.82) is 0 Å². The number of carbonyl (C=O) groups excluding carboxylic acids is 1. The van der Waals surface area contributed by atoms with Gasteiger partial charge in [0.25, 0.3) is 5.92 Å². The van der Waals surface area contributed by atoms with Crippen LogP contribution in [-0.2, 0) is 6.54 Å². The Balaban J connectivity index is 1.56. The van der Waals surface area contributed by atoms with Crippen LogP contribution in [0.3, 0.4) is 0 Å². The molecule has 0 aromatic heterocycles. The minimum absolute atomic E-state index is 0.0489. The van der Waals surface area contributed by atoms with Crippen LogP contribution in [0.15, 0.2) is 24.3 Å². The summed E-state index contributed by atoms with van der Waals surface area (Å²) in [6, 6.07) is 7.92. The van der Waals surface area contributed by atoms with Crippen LogP contribution in [0.25, 0.3) is 0 Å². The number of urea groups is 1. The predicted octanol–water partition coefficient (Wildman–Crippen LogP) is 3.09. The van der Waals surface area contributed by atoms with Crippen molar-refractivity contribution in [2.45, 2.75) is 30.6 Å². The van der Waals surface area contributed by atoms with Crippen molar-refractivity contribution in [3.63, 3.8) is 0 Å². The molecule has 3 rings (SSSR count). The van der Waals surface area contributed by atoms with Gasteiger partial charge in [0.2, 0.25) is 0 Å². The Morgan fingerprint density at radius 2 is 1.88 bits per heavy atom. The zero-order valence-electron chi connectivity index (χ0n) is 13.6. The summed E-state index contributed by atoms with van der Waals surface area (Å²) in [6.07, 6.45) is -0.0977. The van der Waals surface area contributed by atoms with E-state index in [1.165, 1.54) is 5.56 Å². The largest absolute Gasteiger partial charge is 0.351 e. The Hall–Kier alpha value is -1.34. The first-order valence-electron chi connectivity index (χ1n) is 8.28. The maximum atomic E-state index is 13.2. The molecule has 2 fully saturated rings. The van der Waals surface area contributed by atoms with E-state index in [2.05, 4.69) is 29.2 Å². The van der Waals surface area contributed by atoms with E-state index in [9.17, 15) is 13.6 Å². The number of nitrogens with zero attached hydrogens (tertiary/aromatic N) is 2. The first kappa shape index (κ1) is 17.5. The SMILES string of the molecule is NC(=O)N1CCSC(c2ccc(CN3CCC(F)(F)CC3)cc2)C1. The van der Waals surface area contributed by atoms with Gasteiger partial charge in [-0.25, -0.2) is 13.6 Å². The minimum Gasteiger partial charge on any atom is -0.351 e. The van der Waals surface area contributed by atoms with Gasteiger partial charge in [-0.1, -0.05) is 24.3 Å². The smallest absolute Gasteiger partial charge is 0.314 e. The van der Waals surface area contributed by atoms with Crippen molar-refractivity contribution in [2.75, 3.05) is 31.9 Å². The maximum absolute atomic E-state index is 13.2. The Bertz CT molecular complexity index is 572. The Kier molecular flexibility index (Phi) is 5.30. The second kappa shape index (κ2) is 7.27. The predicted molar refractivity (Wildman–Crippen MR) is 92.3 cm³/mol. The average Bonchev–Trinajstić information content (AvgIpc) is 2.57. The van der Waals surface area contributed by atoms with Crippen molar-refractivity contribution in [2.24, 2.45) is 5.73 Å². The second-order valence-electron chi connectivity index (χ2n) is 6.52. The number of rotatable bonds is 3. The summed E-state index contributed by atoms with van der Waals surface area (Å²) in [7, 11) is 0. The van der Waals surface area contributed by atoms with Crippen molar-refractivity contribution >= 4 is 17.8 Å². The normalized spacial score (nSPS) is 24.8. The molecule has 0 saturated carbocycles. The van der Waals surface area contributed by atoms with Crippen molar-refractivity contribution in [3.8, 4) is 0 Å². The molecule has 7 heteroatoms. The fraction of sp³-hybridized carbons (Fsp3) is 0.588. The number of carbonyl (C=O) groups is 1. The van der Waals surface area contributed by atoms with Gasteiger partial charge in [0.15, 0.2) is 0 Å². The molecule has 4 nitrogen and oxygen atoms in total. The quantitative estimate of drug-likeness (QED) is 0.906. The highest BCUT2D eigenvalue weighted by molar-refractivity contribution is 7.99. The van der Waals surface area contributed by atoms with Crippen LogP contribution in [0, 0.1) is 0 Å². The number of alkyl halides is 2. The van der Waals surface area contributed by atoms with E-state index >= 15 is 0 Å². The number of nitrogens with two attached hydrogens (primary N) is 1. The first-order chi connectivity index (χ1) is 11.4. The molecule has 1 unspecified atom stereocenters. The molecule has 0 bridgehead atoms. The van der Waals surface area contributed by atoms with Gasteiger partial charge in [0.05, 0.1) is 0 Å². The molecule has 1 aromatic carbocycles. The Morgan fingerprint density at radius 3 is 2.50 bits per heavy atom. The van der Waals surface area contributed by atoms with Gasteiger partial charge in [0, 0.05) is 56.6 Å². The van der Waals surface area contributed by atoms with Gasteiger partial charge in [-0.05, 0) is 11.1 Å². The van der Waals surface area contributed by atoms with Crippen LogP contribution in [0.2, 0.25) is 0 Å². The van der Waals surface area contributed by atoms with Gasteiger partial charge >= 0.3 is 6.03 Å². The minimum atomic E-state index is -2.50. The van der Waals surface area contributed by atoms with Crippen LogP contribution in [-0.4, -0.2) is 53.7 Å². The van der Waals surface area contributed by atoms with Gasteiger partial charge in [-0.3, -0.25) is 4.90 Å². The highest BCUT2D eigenvalue weighted by Gasteiger charge is 2.33. The van der Waals surface area contributed by atoms with Crippen LogP contribution in [0.4, 0.5) is 13.6 Å². The summed E-state index contributed by atoms with van der Waals surface area (Å²) in [6.45, 7) is 2.94. The standard InChI is InChI=1S/C17H23F2N3OS/c18-17(19)5-7-21(8-6-17)11-13-1-3-14(4-2-13)15-12-22(16(20)23)9-10-24-15/h1-4,15H,5-12H2,(H2,20,23). The first-order valence-corrected chi connectivity index (χ1v) is 9.33. The van der Waals surface area contributed by atoms with E-state index in [0.29, 0.717) is 32.7 Å². The number of amides is 2. The highest BCUT2D eigenvalue weighted by Crippen LogP contribution is 2.33. The lowest BCUT2D eigenvalue weighted by molar-refractivity contribution is -0.0566. The molecular formula is C17H23F2N3OS. The average molecular weight is 355 g/mol. The molecule has 2 heterocycles. The number of benzene rings is 1. The molecule has 24 heavy (non-hydrogen) atoms. The number of primary amides is 1. The lowest BCUT2D eigenvalue weighted by Crippen LogP contribution is -2.42. The number of halogens is 2. The number of hydrogen-bond donors (Lipinski definition) is 1. The Labute approximate surface area is 145 Å². The molecular weight excluding hydrogens is 332 g/mol. The number of likely N-dealkylation sites (tertiary alicyclic amines) is 1. The monoisotopic (exact) mass is 355 g/mol. The molecule has 2 N–H and O–H groups in total. The van der Waals surface area contributed by atoms with E-state index in [4.69, 9.17) is 5.73 Å². The fourth-order valence-corrected chi connectivity index (χ4v) is 4.43. The van der Waals surface area contributed by atoms with Gasteiger partial charge in [-0.15, -0.1) is 0 Å². The van der Waals surface area contributed by atoms with Gasteiger partial charge in [0.1, 0.15) is 0 Å². The molecule has 0 spiro atoms. The topological polar surface area (TPSA) is 49.6 Å². The summed E-state index contributed by atoms with van der Waals surface area (Å²) >= 11 is 1.84. The lowest BCUT2D eigenvalue weighted by atomic mass is 10.0.